The van der Waals surface area contributed by atoms with Gasteiger partial charge in [0.15, 0.2) is 5.11 Å². The summed E-state index contributed by atoms with van der Waals surface area (Å²) in [5.41, 5.74) is 8.20. The Kier molecular flexibility index (Phi) is 6.79. The van der Waals surface area contributed by atoms with Crippen LogP contribution in [0.2, 0.25) is 0 Å². The number of nitrogens with one attached hydrogen (secondary N) is 2. The van der Waals surface area contributed by atoms with Gasteiger partial charge in [-0.15, -0.1) is 0 Å². The average molecular weight is 341 g/mol. The predicted molar refractivity (Wildman–Crippen MR) is 101 cm³/mol. The number of rotatable bonds is 6. The monoisotopic (exact) mass is 341 g/mol. The molecule has 0 saturated heterocycles. The zero-order valence-electron chi connectivity index (χ0n) is 13.1. The molecular formula is C18H19N3O2S. The average Bonchev–Trinajstić information content (AvgIpc) is 2.59. The Balaban J connectivity index is 1.70. The van der Waals surface area contributed by atoms with Crippen molar-refractivity contribution in [3.63, 3.8) is 0 Å². The summed E-state index contributed by atoms with van der Waals surface area (Å²) < 4.78 is 5.12. The Hall–Kier alpha value is -2.86. The smallest absolute Gasteiger partial charge is 0.407 e. The lowest BCUT2D eigenvalue weighted by Crippen LogP contribution is -2.24. The fraction of sp³-hybridized carbons (Fsp3) is 0.111. The van der Waals surface area contributed by atoms with Gasteiger partial charge in [-0.1, -0.05) is 54.6 Å². The van der Waals surface area contributed by atoms with Crippen molar-refractivity contribution in [2.75, 3.05) is 11.9 Å². The van der Waals surface area contributed by atoms with Gasteiger partial charge in [-0.05, 0) is 35.5 Å². The molecule has 1 amide bonds. The van der Waals surface area contributed by atoms with Crippen LogP contribution in [0.1, 0.15) is 11.1 Å². The molecule has 0 atom stereocenters. The van der Waals surface area contributed by atoms with Crippen LogP contribution in [0.3, 0.4) is 0 Å². The van der Waals surface area contributed by atoms with Gasteiger partial charge in [0.05, 0.1) is 0 Å². The lowest BCUT2D eigenvalue weighted by atomic mass is 10.2. The van der Waals surface area contributed by atoms with Gasteiger partial charge in [0.1, 0.15) is 6.61 Å². The highest BCUT2D eigenvalue weighted by atomic mass is 32.1. The van der Waals surface area contributed by atoms with E-state index in [2.05, 4.69) is 10.6 Å². The molecule has 0 fully saturated rings. The summed E-state index contributed by atoms with van der Waals surface area (Å²) in [5, 5.41) is 5.75. The molecule has 0 aliphatic rings. The maximum Gasteiger partial charge on any atom is 0.407 e. The number of amides is 1. The summed E-state index contributed by atoms with van der Waals surface area (Å²) in [4.78, 5) is 11.6. The van der Waals surface area contributed by atoms with Crippen LogP contribution in [-0.2, 0) is 11.3 Å². The van der Waals surface area contributed by atoms with E-state index in [-0.39, 0.29) is 11.7 Å². The number of ether oxygens (including phenoxy) is 1. The molecular weight excluding hydrogens is 322 g/mol. The molecule has 124 valence electrons. The first-order valence-electron chi connectivity index (χ1n) is 7.41. The molecule has 4 N–H and O–H groups in total. The molecule has 0 radical (unpaired) electrons. The van der Waals surface area contributed by atoms with Crippen molar-refractivity contribution in [1.29, 1.82) is 0 Å². The van der Waals surface area contributed by atoms with E-state index < -0.39 is 6.09 Å². The molecule has 2 rings (SSSR count). The van der Waals surface area contributed by atoms with Gasteiger partial charge in [0.25, 0.3) is 0 Å². The Morgan fingerprint density at radius 3 is 2.50 bits per heavy atom. The maximum atomic E-state index is 11.6. The quantitative estimate of drug-likeness (QED) is 0.703. The second-order valence-corrected chi connectivity index (χ2v) is 5.40. The van der Waals surface area contributed by atoms with Gasteiger partial charge < -0.3 is 21.1 Å². The van der Waals surface area contributed by atoms with Gasteiger partial charge in [0, 0.05) is 12.2 Å². The lowest BCUT2D eigenvalue weighted by Gasteiger charge is -2.05. The lowest BCUT2D eigenvalue weighted by molar-refractivity contribution is 0.141. The van der Waals surface area contributed by atoms with Gasteiger partial charge >= 0.3 is 6.09 Å². The van der Waals surface area contributed by atoms with E-state index in [0.717, 1.165) is 16.8 Å². The summed E-state index contributed by atoms with van der Waals surface area (Å²) in [6.45, 7) is 0.647. The standard InChI is InChI=1S/C18H19N3O2S/c19-17(24)21-16-10-8-14(9-11-16)7-4-12-20-18(22)23-13-15-5-2-1-3-6-15/h1-11H,12-13H2,(H,20,22)(H3,19,21,24). The first kappa shape index (κ1) is 17.5. The normalized spacial score (nSPS) is 10.3. The number of carbonyl (C=O) groups is 1. The van der Waals surface area contributed by atoms with Crippen LogP contribution in [0.15, 0.2) is 60.7 Å². The van der Waals surface area contributed by atoms with E-state index in [9.17, 15) is 4.79 Å². The number of benzene rings is 2. The molecule has 5 nitrogen and oxygen atoms in total. The highest BCUT2D eigenvalue weighted by Gasteiger charge is 2.00. The molecule has 2 aromatic carbocycles. The minimum absolute atomic E-state index is 0.233. The SMILES string of the molecule is NC(=S)Nc1ccc(C=CCNC(=O)OCc2ccccc2)cc1. The molecule has 0 aliphatic heterocycles. The van der Waals surface area contributed by atoms with Crippen molar-refractivity contribution in [3.8, 4) is 0 Å². The molecule has 0 aromatic heterocycles. The van der Waals surface area contributed by atoms with Crippen LogP contribution in [0.4, 0.5) is 10.5 Å². The first-order chi connectivity index (χ1) is 11.6. The van der Waals surface area contributed by atoms with E-state index in [0.29, 0.717) is 6.54 Å². The van der Waals surface area contributed by atoms with Gasteiger partial charge in [-0.2, -0.15) is 0 Å². The Morgan fingerprint density at radius 2 is 1.83 bits per heavy atom. The molecule has 0 spiro atoms. The molecule has 0 heterocycles. The number of carbonyl (C=O) groups excluding carboxylic acids is 1. The van der Waals surface area contributed by atoms with Crippen molar-refractivity contribution < 1.29 is 9.53 Å². The number of alkyl carbamates (subject to hydrolysis) is 1. The summed E-state index contributed by atoms with van der Waals surface area (Å²) >= 11 is 4.77. The van der Waals surface area contributed by atoms with Crippen LogP contribution in [0.25, 0.3) is 6.08 Å². The van der Waals surface area contributed by atoms with E-state index >= 15 is 0 Å². The zero-order chi connectivity index (χ0) is 17.2. The van der Waals surface area contributed by atoms with Crippen molar-refractivity contribution in [2.24, 2.45) is 5.73 Å². The third-order valence-electron chi connectivity index (χ3n) is 3.07. The number of hydrogen-bond donors (Lipinski definition) is 3. The minimum atomic E-state index is -0.445. The molecule has 24 heavy (non-hydrogen) atoms. The third-order valence-corrected chi connectivity index (χ3v) is 3.17. The van der Waals surface area contributed by atoms with Crippen molar-refractivity contribution in [3.05, 3.63) is 71.8 Å². The van der Waals surface area contributed by atoms with Gasteiger partial charge in [0.2, 0.25) is 0 Å². The fourth-order valence-electron chi connectivity index (χ4n) is 1.93. The van der Waals surface area contributed by atoms with Gasteiger partial charge in [-0.25, -0.2) is 4.79 Å². The summed E-state index contributed by atoms with van der Waals surface area (Å²) in [7, 11) is 0. The fourth-order valence-corrected chi connectivity index (χ4v) is 2.05. The maximum absolute atomic E-state index is 11.6. The summed E-state index contributed by atoms with van der Waals surface area (Å²) in [6.07, 6.45) is 3.31. The van der Waals surface area contributed by atoms with E-state index in [1.54, 1.807) is 0 Å². The Labute approximate surface area is 146 Å². The summed E-state index contributed by atoms with van der Waals surface area (Å²) in [5.74, 6) is 0. The second kappa shape index (κ2) is 9.32. The third kappa shape index (κ3) is 6.50. The van der Waals surface area contributed by atoms with Crippen LogP contribution >= 0.6 is 12.2 Å². The molecule has 2 aromatic rings. The predicted octanol–water partition coefficient (Wildman–Crippen LogP) is 3.28. The highest BCUT2D eigenvalue weighted by Crippen LogP contribution is 2.10. The second-order valence-electron chi connectivity index (χ2n) is 4.96. The number of thiocarbonyl (C=S) groups is 1. The van der Waals surface area contributed by atoms with Crippen molar-refractivity contribution >= 4 is 35.2 Å². The van der Waals surface area contributed by atoms with Crippen LogP contribution in [-0.4, -0.2) is 17.8 Å². The van der Waals surface area contributed by atoms with Crippen molar-refractivity contribution in [2.45, 2.75) is 6.61 Å². The molecule has 0 bridgehead atoms. The molecule has 0 saturated carbocycles. The number of nitrogens with two attached hydrogens (primary N) is 1. The minimum Gasteiger partial charge on any atom is -0.445 e. The van der Waals surface area contributed by atoms with E-state index in [1.165, 1.54) is 0 Å². The highest BCUT2D eigenvalue weighted by molar-refractivity contribution is 7.80. The van der Waals surface area contributed by atoms with Crippen LogP contribution < -0.4 is 16.4 Å². The number of anilines is 1. The molecule has 0 unspecified atom stereocenters. The van der Waals surface area contributed by atoms with E-state index in [4.69, 9.17) is 22.7 Å². The zero-order valence-corrected chi connectivity index (χ0v) is 13.9. The topological polar surface area (TPSA) is 76.4 Å². The first-order valence-corrected chi connectivity index (χ1v) is 7.82. The Morgan fingerprint density at radius 1 is 1.12 bits per heavy atom. The van der Waals surface area contributed by atoms with Crippen LogP contribution in [0, 0.1) is 0 Å². The Bertz CT molecular complexity index is 700. The van der Waals surface area contributed by atoms with Gasteiger partial charge in [-0.3, -0.25) is 0 Å². The molecule has 6 heteroatoms. The van der Waals surface area contributed by atoms with E-state index in [1.807, 2.05) is 66.7 Å². The largest absolute Gasteiger partial charge is 0.445 e. The molecule has 0 aliphatic carbocycles. The van der Waals surface area contributed by atoms with Crippen LogP contribution in [0.5, 0.6) is 0 Å². The number of hydrogen-bond acceptors (Lipinski definition) is 3. The van der Waals surface area contributed by atoms with Crippen molar-refractivity contribution in [1.82, 2.24) is 5.32 Å². The summed E-state index contributed by atoms with van der Waals surface area (Å²) in [6, 6.07) is 17.1.